The van der Waals surface area contributed by atoms with Gasteiger partial charge in [-0.15, -0.1) is 0 Å². The van der Waals surface area contributed by atoms with Crippen molar-refractivity contribution in [2.75, 3.05) is 11.9 Å². The number of hydrogen-bond donors (Lipinski definition) is 2. The number of carbonyl (C=O) groups excluding carboxylic acids is 1. The van der Waals surface area contributed by atoms with E-state index in [2.05, 4.69) is 26.2 Å². The van der Waals surface area contributed by atoms with Crippen molar-refractivity contribution < 1.29 is 9.53 Å². The van der Waals surface area contributed by atoms with Crippen molar-refractivity contribution in [3.05, 3.63) is 34.9 Å². The van der Waals surface area contributed by atoms with Crippen molar-refractivity contribution in [1.29, 1.82) is 0 Å². The van der Waals surface area contributed by atoms with Crippen molar-refractivity contribution in [3.63, 3.8) is 0 Å². The van der Waals surface area contributed by atoms with Crippen LogP contribution in [0.2, 0.25) is 0 Å². The molecular formula is C15H16BrN3O2. The molecule has 2 atom stereocenters. The molecule has 2 unspecified atom stereocenters. The first kappa shape index (κ1) is 14.4. The topological polar surface area (TPSA) is 77.2 Å². The van der Waals surface area contributed by atoms with Gasteiger partial charge in [0.1, 0.15) is 6.10 Å². The van der Waals surface area contributed by atoms with Gasteiger partial charge in [-0.2, -0.15) is 0 Å². The van der Waals surface area contributed by atoms with Gasteiger partial charge in [0.15, 0.2) is 0 Å². The Labute approximate surface area is 131 Å². The quantitative estimate of drug-likeness (QED) is 0.892. The largest absolute Gasteiger partial charge is 0.364 e. The third-order valence-corrected chi connectivity index (χ3v) is 4.03. The molecule has 1 aromatic carbocycles. The van der Waals surface area contributed by atoms with Crippen LogP contribution in [-0.4, -0.2) is 29.6 Å². The van der Waals surface area contributed by atoms with Crippen molar-refractivity contribution >= 4 is 38.4 Å². The standard InChI is InChI=1S/C15H16BrN3O2/c16-10-6-9-2-1-3-12(14(9)18-8-10)19-15(20)13-5-4-11(7-17)21-13/h1-3,6,8,11,13H,4-5,7,17H2,(H,19,20). The number of halogens is 1. The first-order chi connectivity index (χ1) is 10.2. The molecule has 1 saturated heterocycles. The first-order valence-corrected chi connectivity index (χ1v) is 7.67. The third kappa shape index (κ3) is 3.07. The Bertz CT molecular complexity index is 677. The molecule has 1 amide bonds. The van der Waals surface area contributed by atoms with Crippen LogP contribution in [0.4, 0.5) is 5.69 Å². The van der Waals surface area contributed by atoms with Gasteiger partial charge in [-0.3, -0.25) is 9.78 Å². The van der Waals surface area contributed by atoms with Gasteiger partial charge in [0.25, 0.3) is 5.91 Å². The maximum Gasteiger partial charge on any atom is 0.253 e. The number of aromatic nitrogens is 1. The number of carbonyl (C=O) groups is 1. The lowest BCUT2D eigenvalue weighted by atomic mass is 10.1. The monoisotopic (exact) mass is 349 g/mol. The van der Waals surface area contributed by atoms with E-state index in [9.17, 15) is 4.79 Å². The minimum Gasteiger partial charge on any atom is -0.364 e. The van der Waals surface area contributed by atoms with Crippen molar-refractivity contribution in [1.82, 2.24) is 4.98 Å². The number of pyridine rings is 1. The molecule has 3 N–H and O–H groups in total. The van der Waals surface area contributed by atoms with Gasteiger partial charge < -0.3 is 15.8 Å². The number of anilines is 1. The zero-order chi connectivity index (χ0) is 14.8. The predicted molar refractivity (Wildman–Crippen MR) is 85.0 cm³/mol. The number of benzene rings is 1. The van der Waals surface area contributed by atoms with Crippen molar-refractivity contribution in [2.24, 2.45) is 5.73 Å². The summed E-state index contributed by atoms with van der Waals surface area (Å²) in [6, 6.07) is 7.66. The molecule has 0 bridgehead atoms. The zero-order valence-corrected chi connectivity index (χ0v) is 13.0. The predicted octanol–water partition coefficient (Wildman–Crippen LogP) is 2.44. The van der Waals surface area contributed by atoms with Crippen LogP contribution >= 0.6 is 15.9 Å². The summed E-state index contributed by atoms with van der Waals surface area (Å²) >= 11 is 3.39. The van der Waals surface area contributed by atoms with E-state index in [-0.39, 0.29) is 12.0 Å². The van der Waals surface area contributed by atoms with Crippen LogP contribution in [0.5, 0.6) is 0 Å². The van der Waals surface area contributed by atoms with Crippen LogP contribution in [-0.2, 0) is 9.53 Å². The third-order valence-electron chi connectivity index (χ3n) is 3.60. The van der Waals surface area contributed by atoms with E-state index in [1.807, 2.05) is 24.3 Å². The van der Waals surface area contributed by atoms with Crippen LogP contribution in [0.1, 0.15) is 12.8 Å². The second kappa shape index (κ2) is 6.09. The maximum absolute atomic E-state index is 12.3. The minimum atomic E-state index is -0.427. The van der Waals surface area contributed by atoms with E-state index in [0.29, 0.717) is 18.7 Å². The second-order valence-electron chi connectivity index (χ2n) is 5.08. The minimum absolute atomic E-state index is 0.0117. The summed E-state index contributed by atoms with van der Waals surface area (Å²) < 4.78 is 6.52. The van der Waals surface area contributed by atoms with Gasteiger partial charge in [-0.1, -0.05) is 12.1 Å². The van der Waals surface area contributed by atoms with E-state index < -0.39 is 6.10 Å². The highest BCUT2D eigenvalue weighted by molar-refractivity contribution is 9.10. The normalized spacial score (nSPS) is 21.6. The zero-order valence-electron chi connectivity index (χ0n) is 11.4. The van der Waals surface area contributed by atoms with Crippen LogP contribution in [0.3, 0.4) is 0 Å². The molecule has 2 aromatic rings. The number of ether oxygens (including phenoxy) is 1. The molecule has 21 heavy (non-hydrogen) atoms. The highest BCUT2D eigenvalue weighted by Crippen LogP contribution is 2.25. The number of nitrogens with zero attached hydrogens (tertiary/aromatic N) is 1. The van der Waals surface area contributed by atoms with Crippen LogP contribution in [0.15, 0.2) is 34.9 Å². The van der Waals surface area contributed by atoms with Gasteiger partial charge in [-0.25, -0.2) is 0 Å². The molecular weight excluding hydrogens is 334 g/mol. The smallest absolute Gasteiger partial charge is 0.253 e. The Morgan fingerprint density at radius 1 is 1.48 bits per heavy atom. The average Bonchev–Trinajstić information content (AvgIpc) is 2.96. The summed E-state index contributed by atoms with van der Waals surface area (Å²) in [6.07, 6.45) is 2.81. The summed E-state index contributed by atoms with van der Waals surface area (Å²) in [4.78, 5) is 16.6. The van der Waals surface area contributed by atoms with E-state index in [1.54, 1.807) is 6.20 Å². The molecule has 110 valence electrons. The Hall–Kier alpha value is -1.50. The van der Waals surface area contributed by atoms with Gasteiger partial charge in [-0.05, 0) is 40.9 Å². The molecule has 6 heteroatoms. The number of amides is 1. The SMILES string of the molecule is NCC1CCC(C(=O)Nc2cccc3cc(Br)cnc23)O1. The fraction of sp³-hybridized carbons (Fsp3) is 0.333. The highest BCUT2D eigenvalue weighted by Gasteiger charge is 2.30. The van der Waals surface area contributed by atoms with Crippen LogP contribution in [0.25, 0.3) is 10.9 Å². The molecule has 0 spiro atoms. The fourth-order valence-electron chi connectivity index (χ4n) is 2.52. The molecule has 3 rings (SSSR count). The van der Waals surface area contributed by atoms with E-state index in [0.717, 1.165) is 21.8 Å². The fourth-order valence-corrected chi connectivity index (χ4v) is 2.87. The molecule has 0 saturated carbocycles. The lowest BCUT2D eigenvalue weighted by Crippen LogP contribution is -2.29. The number of rotatable bonds is 3. The Morgan fingerprint density at radius 3 is 3.10 bits per heavy atom. The first-order valence-electron chi connectivity index (χ1n) is 6.88. The van der Waals surface area contributed by atoms with Gasteiger partial charge in [0.05, 0.1) is 17.3 Å². The van der Waals surface area contributed by atoms with E-state index in [4.69, 9.17) is 10.5 Å². The van der Waals surface area contributed by atoms with Gasteiger partial charge in [0, 0.05) is 22.6 Å². The molecule has 5 nitrogen and oxygen atoms in total. The summed E-state index contributed by atoms with van der Waals surface area (Å²) in [5.74, 6) is -0.136. The second-order valence-corrected chi connectivity index (χ2v) is 6.00. The number of nitrogens with two attached hydrogens (primary N) is 1. The summed E-state index contributed by atoms with van der Waals surface area (Å²) in [7, 11) is 0. The number of hydrogen-bond acceptors (Lipinski definition) is 4. The summed E-state index contributed by atoms with van der Waals surface area (Å²) in [6.45, 7) is 0.452. The summed E-state index contributed by atoms with van der Waals surface area (Å²) in [5.41, 5.74) is 7.03. The van der Waals surface area contributed by atoms with Gasteiger partial charge in [0.2, 0.25) is 0 Å². The average molecular weight is 350 g/mol. The molecule has 1 aromatic heterocycles. The van der Waals surface area contributed by atoms with E-state index in [1.165, 1.54) is 0 Å². The van der Waals surface area contributed by atoms with Crippen molar-refractivity contribution in [2.45, 2.75) is 25.0 Å². The molecule has 0 radical (unpaired) electrons. The van der Waals surface area contributed by atoms with Crippen LogP contribution < -0.4 is 11.1 Å². The van der Waals surface area contributed by atoms with E-state index >= 15 is 0 Å². The van der Waals surface area contributed by atoms with Gasteiger partial charge >= 0.3 is 0 Å². The number of nitrogens with one attached hydrogen (secondary N) is 1. The molecule has 0 aliphatic carbocycles. The molecule has 1 aliphatic rings. The lowest BCUT2D eigenvalue weighted by molar-refractivity contribution is -0.126. The van der Waals surface area contributed by atoms with Crippen LogP contribution in [0, 0.1) is 0 Å². The highest BCUT2D eigenvalue weighted by atomic mass is 79.9. The molecule has 1 aliphatic heterocycles. The summed E-state index contributed by atoms with van der Waals surface area (Å²) in [5, 5.41) is 3.88. The Balaban J connectivity index is 1.80. The maximum atomic E-state index is 12.3. The number of fused-ring (bicyclic) bond motifs is 1. The Kier molecular flexibility index (Phi) is 4.19. The Morgan fingerprint density at radius 2 is 2.33 bits per heavy atom. The molecule has 1 fully saturated rings. The van der Waals surface area contributed by atoms with Crippen molar-refractivity contribution in [3.8, 4) is 0 Å². The lowest BCUT2D eigenvalue weighted by Gasteiger charge is -2.13. The number of para-hydroxylation sites is 1. The molecule has 2 heterocycles.